The van der Waals surface area contributed by atoms with Crippen LogP contribution in [-0.4, -0.2) is 44.0 Å². The molecule has 1 fully saturated rings. The van der Waals surface area contributed by atoms with Gasteiger partial charge in [0.2, 0.25) is 0 Å². The second-order valence-electron chi connectivity index (χ2n) is 4.29. The lowest BCUT2D eigenvalue weighted by Crippen LogP contribution is -2.40. The Morgan fingerprint density at radius 3 is 2.50 bits per heavy atom. The fourth-order valence-electron chi connectivity index (χ4n) is 2.01. The molecular weight excluding hydrogens is 276 g/mol. The maximum atomic E-state index is 12.4. The van der Waals surface area contributed by atoms with Gasteiger partial charge in [-0.05, 0) is 19.8 Å². The van der Waals surface area contributed by atoms with Crippen LogP contribution < -0.4 is 4.87 Å². The number of sulfonamides is 1. The molecule has 0 unspecified atom stereocenters. The van der Waals surface area contributed by atoms with Gasteiger partial charge < -0.3 is 9.72 Å². The van der Waals surface area contributed by atoms with Crippen molar-refractivity contribution in [3.05, 3.63) is 15.4 Å². The Bertz CT molecular complexity index is 569. The van der Waals surface area contributed by atoms with Gasteiger partial charge in [0.15, 0.2) is 4.21 Å². The number of H-pyrrole nitrogens is 1. The Balaban J connectivity index is 2.30. The first kappa shape index (κ1) is 13.7. The van der Waals surface area contributed by atoms with Crippen LogP contribution in [0.4, 0.5) is 0 Å². The fourth-order valence-corrected chi connectivity index (χ4v) is 4.89. The van der Waals surface area contributed by atoms with Gasteiger partial charge in [-0.1, -0.05) is 11.3 Å². The van der Waals surface area contributed by atoms with Crippen molar-refractivity contribution in [2.45, 2.75) is 30.0 Å². The van der Waals surface area contributed by atoms with E-state index >= 15 is 0 Å². The lowest BCUT2D eigenvalue weighted by atomic mass is 10.1. The summed E-state index contributed by atoms with van der Waals surface area (Å²) in [5.74, 6) is 0. The van der Waals surface area contributed by atoms with E-state index in [0.29, 0.717) is 31.7 Å². The number of thiazole rings is 1. The molecule has 1 N–H and O–H groups in total. The minimum atomic E-state index is -3.58. The topological polar surface area (TPSA) is 79.5 Å². The minimum absolute atomic E-state index is 0.0552. The van der Waals surface area contributed by atoms with Crippen LogP contribution >= 0.6 is 11.3 Å². The van der Waals surface area contributed by atoms with E-state index in [2.05, 4.69) is 4.98 Å². The summed E-state index contributed by atoms with van der Waals surface area (Å²) < 4.78 is 31.5. The normalized spacial score (nSPS) is 18.4. The summed E-state index contributed by atoms with van der Waals surface area (Å²) in [6.45, 7) is 2.75. The number of aromatic amines is 1. The molecule has 0 saturated carbocycles. The summed E-state index contributed by atoms with van der Waals surface area (Å²) in [5, 5.41) is 0. The van der Waals surface area contributed by atoms with E-state index in [-0.39, 0.29) is 15.1 Å². The van der Waals surface area contributed by atoms with Crippen molar-refractivity contribution in [2.75, 3.05) is 20.3 Å². The van der Waals surface area contributed by atoms with Crippen LogP contribution in [-0.2, 0) is 14.8 Å². The maximum absolute atomic E-state index is 12.4. The van der Waals surface area contributed by atoms with E-state index in [0.717, 1.165) is 11.3 Å². The smallest absolute Gasteiger partial charge is 0.305 e. The molecule has 1 saturated heterocycles. The van der Waals surface area contributed by atoms with Crippen LogP contribution in [0.3, 0.4) is 0 Å². The lowest BCUT2D eigenvalue weighted by Gasteiger charge is -2.30. The van der Waals surface area contributed by atoms with Crippen LogP contribution in [0.2, 0.25) is 0 Å². The van der Waals surface area contributed by atoms with Crippen molar-refractivity contribution in [2.24, 2.45) is 0 Å². The van der Waals surface area contributed by atoms with E-state index in [1.807, 2.05) is 0 Å². The summed E-state index contributed by atoms with van der Waals surface area (Å²) in [6, 6.07) is -0.0552. The van der Waals surface area contributed by atoms with Crippen LogP contribution in [0.25, 0.3) is 0 Å². The molecule has 102 valence electrons. The predicted molar refractivity (Wildman–Crippen MR) is 68.5 cm³/mol. The number of aromatic nitrogens is 1. The molecule has 1 aliphatic heterocycles. The zero-order chi connectivity index (χ0) is 13.3. The highest BCUT2D eigenvalue weighted by Crippen LogP contribution is 2.24. The molecule has 18 heavy (non-hydrogen) atoms. The summed E-state index contributed by atoms with van der Waals surface area (Å²) in [6.07, 6.45) is 1.38. The Kier molecular flexibility index (Phi) is 3.90. The van der Waals surface area contributed by atoms with Gasteiger partial charge in [0.1, 0.15) is 0 Å². The van der Waals surface area contributed by atoms with Gasteiger partial charge in [-0.3, -0.25) is 4.79 Å². The predicted octanol–water partition coefficient (Wildman–Crippen LogP) is 0.544. The summed E-state index contributed by atoms with van der Waals surface area (Å²) >= 11 is 0.742. The van der Waals surface area contributed by atoms with Crippen molar-refractivity contribution in [3.63, 3.8) is 0 Å². The molecule has 2 rings (SSSR count). The number of aryl methyl sites for hydroxylation is 1. The number of nitrogens with zero attached hydrogens (tertiary/aromatic N) is 1. The van der Waals surface area contributed by atoms with E-state index in [4.69, 9.17) is 4.74 Å². The highest BCUT2D eigenvalue weighted by molar-refractivity contribution is 7.91. The molecule has 0 amide bonds. The number of hydrogen-bond donors (Lipinski definition) is 1. The van der Waals surface area contributed by atoms with Gasteiger partial charge in [0, 0.05) is 32.0 Å². The third kappa shape index (κ3) is 2.51. The zero-order valence-corrected chi connectivity index (χ0v) is 11.9. The standard InChI is InChI=1S/C10H16N2O4S2/c1-7-9(17-10(13)11-7)18(14,15)12(2)8-3-5-16-6-4-8/h8H,3-6H2,1-2H3,(H,11,13). The highest BCUT2D eigenvalue weighted by Gasteiger charge is 2.31. The second-order valence-corrected chi connectivity index (χ2v) is 7.47. The van der Waals surface area contributed by atoms with E-state index in [1.165, 1.54) is 4.31 Å². The van der Waals surface area contributed by atoms with Gasteiger partial charge in [-0.25, -0.2) is 8.42 Å². The first-order valence-electron chi connectivity index (χ1n) is 5.68. The van der Waals surface area contributed by atoms with E-state index < -0.39 is 10.0 Å². The average molecular weight is 292 g/mol. The van der Waals surface area contributed by atoms with Crippen molar-refractivity contribution >= 4 is 21.4 Å². The molecule has 8 heteroatoms. The molecule has 6 nitrogen and oxygen atoms in total. The second kappa shape index (κ2) is 5.12. The fraction of sp³-hybridized carbons (Fsp3) is 0.700. The summed E-state index contributed by atoms with van der Waals surface area (Å²) in [4.78, 5) is 13.4. The van der Waals surface area contributed by atoms with Gasteiger partial charge in [-0.15, -0.1) is 0 Å². The molecule has 1 aromatic rings. The third-order valence-electron chi connectivity index (χ3n) is 3.10. The summed E-state index contributed by atoms with van der Waals surface area (Å²) in [7, 11) is -2.02. The van der Waals surface area contributed by atoms with Gasteiger partial charge in [0.25, 0.3) is 10.0 Å². The first-order valence-corrected chi connectivity index (χ1v) is 7.94. The number of nitrogens with one attached hydrogen (secondary N) is 1. The Morgan fingerprint density at radius 2 is 2.00 bits per heavy atom. The number of rotatable bonds is 3. The van der Waals surface area contributed by atoms with Crippen molar-refractivity contribution in [3.8, 4) is 0 Å². The number of ether oxygens (including phenoxy) is 1. The zero-order valence-electron chi connectivity index (χ0n) is 10.3. The largest absolute Gasteiger partial charge is 0.381 e. The van der Waals surface area contributed by atoms with Gasteiger partial charge in [-0.2, -0.15) is 4.31 Å². The molecule has 0 spiro atoms. The van der Waals surface area contributed by atoms with Gasteiger partial charge in [0.05, 0.1) is 0 Å². The molecule has 0 bridgehead atoms. The molecule has 0 aromatic carbocycles. The molecular formula is C10H16N2O4S2. The van der Waals surface area contributed by atoms with Crippen molar-refractivity contribution < 1.29 is 13.2 Å². The Morgan fingerprint density at radius 1 is 1.39 bits per heavy atom. The molecule has 1 aliphatic rings. The monoisotopic (exact) mass is 292 g/mol. The average Bonchev–Trinajstić information content (AvgIpc) is 2.69. The number of hydrogen-bond acceptors (Lipinski definition) is 5. The van der Waals surface area contributed by atoms with Crippen LogP contribution in [0.1, 0.15) is 18.5 Å². The van der Waals surface area contributed by atoms with E-state index in [9.17, 15) is 13.2 Å². The first-order chi connectivity index (χ1) is 8.43. The highest BCUT2D eigenvalue weighted by atomic mass is 32.2. The molecule has 1 aromatic heterocycles. The molecule has 0 radical (unpaired) electrons. The quantitative estimate of drug-likeness (QED) is 0.882. The molecule has 2 heterocycles. The molecule has 0 aliphatic carbocycles. The minimum Gasteiger partial charge on any atom is -0.381 e. The Hall–Kier alpha value is -0.700. The lowest BCUT2D eigenvalue weighted by molar-refractivity contribution is 0.0632. The van der Waals surface area contributed by atoms with Crippen LogP contribution in [0.5, 0.6) is 0 Å². The van der Waals surface area contributed by atoms with Gasteiger partial charge >= 0.3 is 4.87 Å². The van der Waals surface area contributed by atoms with Crippen molar-refractivity contribution in [1.82, 2.24) is 9.29 Å². The van der Waals surface area contributed by atoms with Crippen molar-refractivity contribution in [1.29, 1.82) is 0 Å². The maximum Gasteiger partial charge on any atom is 0.305 e. The van der Waals surface area contributed by atoms with E-state index in [1.54, 1.807) is 14.0 Å². The molecule has 0 atom stereocenters. The van der Waals surface area contributed by atoms with Crippen LogP contribution in [0, 0.1) is 6.92 Å². The SMILES string of the molecule is Cc1[nH]c(=O)sc1S(=O)(=O)N(C)C1CCOCC1. The summed E-state index contributed by atoms with van der Waals surface area (Å²) in [5.41, 5.74) is 0.406. The Labute approximate surface area is 110 Å². The van der Waals surface area contributed by atoms with Crippen LogP contribution in [0.15, 0.2) is 9.00 Å². The third-order valence-corrected chi connectivity index (χ3v) is 6.59.